The topological polar surface area (TPSA) is 98.5 Å². The second-order valence-corrected chi connectivity index (χ2v) is 6.32. The smallest absolute Gasteiger partial charge is 0.418 e. The predicted octanol–water partition coefficient (Wildman–Crippen LogP) is 4.85. The molecule has 1 amide bonds. The fourth-order valence-electron chi connectivity index (χ4n) is 2.28. The van der Waals surface area contributed by atoms with Crippen LogP contribution >= 0.6 is 11.6 Å². The van der Waals surface area contributed by atoms with Crippen LogP contribution in [-0.2, 0) is 20.5 Å². The number of hydrogen-bond acceptors (Lipinski definition) is 5. The molecule has 0 radical (unpaired) electrons. The molecule has 11 heteroatoms. The number of alkyl halides is 3. The van der Waals surface area contributed by atoms with E-state index in [1.807, 2.05) is 0 Å². The van der Waals surface area contributed by atoms with E-state index in [1.54, 1.807) is 0 Å². The Morgan fingerprint density at radius 2 is 1.90 bits per heavy atom. The van der Waals surface area contributed by atoms with Crippen molar-refractivity contribution < 1.29 is 32.4 Å². The maximum absolute atomic E-state index is 13.0. The van der Waals surface area contributed by atoms with Gasteiger partial charge in [-0.05, 0) is 36.8 Å². The van der Waals surface area contributed by atoms with E-state index in [-0.39, 0.29) is 16.3 Å². The number of anilines is 1. The van der Waals surface area contributed by atoms with Crippen molar-refractivity contribution in [3.63, 3.8) is 0 Å². The molecular formula is C19H14ClF3N2O5. The van der Waals surface area contributed by atoms with Crippen molar-refractivity contribution in [3.05, 3.63) is 74.8 Å². The molecule has 0 bridgehead atoms. The summed E-state index contributed by atoms with van der Waals surface area (Å²) in [6.07, 6.45) is -3.95. The first-order chi connectivity index (χ1) is 14.0. The standard InChI is InChI=1S/C19H14ClF3N2O5/c1-11(18(27)24-15-5-3-2-4-13(15)19(21,22)23)30-17(26)9-7-12-6-8-14(20)16(10-12)25(28)29/h2-11H,1H3,(H,24,27)/b9-7+. The quantitative estimate of drug-likeness (QED) is 0.298. The van der Waals surface area contributed by atoms with Crippen molar-refractivity contribution >= 4 is 40.9 Å². The number of amides is 1. The Hall–Kier alpha value is -3.40. The van der Waals surface area contributed by atoms with Crippen molar-refractivity contribution in [2.24, 2.45) is 0 Å². The molecule has 2 aromatic rings. The number of nitrogens with zero attached hydrogens (tertiary/aromatic N) is 1. The Kier molecular flexibility index (Phi) is 7.17. The number of carbonyl (C=O) groups excluding carboxylic acids is 2. The van der Waals surface area contributed by atoms with Crippen LogP contribution in [0, 0.1) is 10.1 Å². The summed E-state index contributed by atoms with van der Waals surface area (Å²) in [6, 6.07) is 8.20. The molecule has 0 spiro atoms. The number of para-hydroxylation sites is 1. The van der Waals surface area contributed by atoms with Crippen LogP contribution in [0.4, 0.5) is 24.5 Å². The minimum atomic E-state index is -4.67. The minimum Gasteiger partial charge on any atom is -0.449 e. The van der Waals surface area contributed by atoms with Crippen molar-refractivity contribution in [1.82, 2.24) is 0 Å². The Balaban J connectivity index is 2.03. The lowest BCUT2D eigenvalue weighted by Gasteiger charge is -2.16. The van der Waals surface area contributed by atoms with E-state index in [4.69, 9.17) is 16.3 Å². The summed E-state index contributed by atoms with van der Waals surface area (Å²) in [4.78, 5) is 34.1. The number of esters is 1. The number of ether oxygens (including phenoxy) is 1. The highest BCUT2D eigenvalue weighted by atomic mass is 35.5. The fourth-order valence-corrected chi connectivity index (χ4v) is 2.46. The van der Waals surface area contributed by atoms with Gasteiger partial charge in [0, 0.05) is 12.1 Å². The van der Waals surface area contributed by atoms with E-state index in [9.17, 15) is 32.9 Å². The molecule has 30 heavy (non-hydrogen) atoms. The average molecular weight is 443 g/mol. The van der Waals surface area contributed by atoms with Gasteiger partial charge in [0.25, 0.3) is 11.6 Å². The molecule has 7 nitrogen and oxygen atoms in total. The second-order valence-electron chi connectivity index (χ2n) is 5.91. The summed E-state index contributed by atoms with van der Waals surface area (Å²) in [6.45, 7) is 1.18. The van der Waals surface area contributed by atoms with Crippen LogP contribution in [0.15, 0.2) is 48.5 Å². The van der Waals surface area contributed by atoms with E-state index in [0.29, 0.717) is 0 Å². The van der Waals surface area contributed by atoms with Gasteiger partial charge < -0.3 is 10.1 Å². The Labute approximate surface area is 173 Å². The summed E-state index contributed by atoms with van der Waals surface area (Å²) < 4.78 is 43.8. The molecule has 2 aromatic carbocycles. The molecule has 0 aliphatic heterocycles. The maximum atomic E-state index is 13.0. The average Bonchev–Trinajstić information content (AvgIpc) is 2.66. The van der Waals surface area contributed by atoms with Crippen LogP contribution in [0.3, 0.4) is 0 Å². The molecule has 0 aromatic heterocycles. The number of nitro groups is 1. The van der Waals surface area contributed by atoms with Gasteiger partial charge in [-0.15, -0.1) is 0 Å². The molecule has 0 aliphatic carbocycles. The van der Waals surface area contributed by atoms with Crippen molar-refractivity contribution in [2.45, 2.75) is 19.2 Å². The first-order valence-corrected chi connectivity index (χ1v) is 8.66. The van der Waals surface area contributed by atoms with Gasteiger partial charge in [-0.25, -0.2) is 4.79 Å². The van der Waals surface area contributed by atoms with Crippen LogP contribution in [-0.4, -0.2) is 22.9 Å². The van der Waals surface area contributed by atoms with Crippen LogP contribution in [0.2, 0.25) is 5.02 Å². The third kappa shape index (κ3) is 6.05. The Morgan fingerprint density at radius 3 is 2.53 bits per heavy atom. The van der Waals surface area contributed by atoms with Gasteiger partial charge in [0.1, 0.15) is 5.02 Å². The van der Waals surface area contributed by atoms with Gasteiger partial charge in [-0.1, -0.05) is 29.8 Å². The number of nitrogens with one attached hydrogen (secondary N) is 1. The van der Waals surface area contributed by atoms with E-state index < -0.39 is 40.3 Å². The van der Waals surface area contributed by atoms with Gasteiger partial charge >= 0.3 is 12.1 Å². The van der Waals surface area contributed by atoms with Crippen molar-refractivity contribution in [2.75, 3.05) is 5.32 Å². The van der Waals surface area contributed by atoms with Crippen LogP contribution in [0.5, 0.6) is 0 Å². The third-order valence-corrected chi connectivity index (χ3v) is 4.05. The van der Waals surface area contributed by atoms with Crippen molar-refractivity contribution in [3.8, 4) is 0 Å². The molecule has 0 saturated carbocycles. The highest BCUT2D eigenvalue weighted by Gasteiger charge is 2.34. The van der Waals surface area contributed by atoms with E-state index in [0.717, 1.165) is 24.3 Å². The zero-order valence-electron chi connectivity index (χ0n) is 15.3. The Bertz CT molecular complexity index is 1010. The first-order valence-electron chi connectivity index (χ1n) is 8.28. The lowest BCUT2D eigenvalue weighted by atomic mass is 10.1. The van der Waals surface area contributed by atoms with Crippen LogP contribution in [0.25, 0.3) is 6.08 Å². The second kappa shape index (κ2) is 9.40. The molecule has 0 saturated heterocycles. The minimum absolute atomic E-state index is 0.0795. The summed E-state index contributed by atoms with van der Waals surface area (Å²) in [5, 5.41) is 12.9. The van der Waals surface area contributed by atoms with E-state index >= 15 is 0 Å². The molecule has 0 heterocycles. The molecule has 1 N–H and O–H groups in total. The van der Waals surface area contributed by atoms with Gasteiger partial charge in [-0.2, -0.15) is 13.2 Å². The largest absolute Gasteiger partial charge is 0.449 e. The maximum Gasteiger partial charge on any atom is 0.418 e. The molecular weight excluding hydrogens is 429 g/mol. The van der Waals surface area contributed by atoms with Gasteiger partial charge in [0.2, 0.25) is 0 Å². The lowest BCUT2D eigenvalue weighted by molar-refractivity contribution is -0.384. The third-order valence-electron chi connectivity index (χ3n) is 3.73. The number of benzene rings is 2. The summed E-state index contributed by atoms with van der Waals surface area (Å²) in [5.41, 5.74) is -1.59. The number of carbonyl (C=O) groups is 2. The molecule has 0 aliphatic rings. The molecule has 158 valence electrons. The van der Waals surface area contributed by atoms with E-state index in [2.05, 4.69) is 5.32 Å². The van der Waals surface area contributed by atoms with Gasteiger partial charge in [0.15, 0.2) is 6.10 Å². The van der Waals surface area contributed by atoms with Crippen molar-refractivity contribution in [1.29, 1.82) is 0 Å². The van der Waals surface area contributed by atoms with Gasteiger partial charge in [0.05, 0.1) is 16.2 Å². The predicted molar refractivity (Wildman–Crippen MR) is 103 cm³/mol. The highest BCUT2D eigenvalue weighted by Crippen LogP contribution is 2.34. The normalized spacial score (nSPS) is 12.4. The summed E-state index contributed by atoms with van der Waals surface area (Å²) in [5.74, 6) is -1.94. The Morgan fingerprint density at radius 1 is 1.23 bits per heavy atom. The van der Waals surface area contributed by atoms with E-state index in [1.165, 1.54) is 37.3 Å². The summed E-state index contributed by atoms with van der Waals surface area (Å²) in [7, 11) is 0. The number of rotatable bonds is 6. The fraction of sp³-hybridized carbons (Fsp3) is 0.158. The summed E-state index contributed by atoms with van der Waals surface area (Å²) >= 11 is 5.69. The lowest BCUT2D eigenvalue weighted by Crippen LogP contribution is -2.30. The molecule has 1 atom stereocenters. The highest BCUT2D eigenvalue weighted by molar-refractivity contribution is 6.32. The monoisotopic (exact) mass is 442 g/mol. The molecule has 0 fully saturated rings. The number of hydrogen-bond donors (Lipinski definition) is 1. The first kappa shape index (κ1) is 22.9. The zero-order valence-corrected chi connectivity index (χ0v) is 16.0. The molecule has 2 rings (SSSR count). The van der Waals surface area contributed by atoms with Gasteiger partial charge in [-0.3, -0.25) is 14.9 Å². The number of halogens is 4. The van der Waals surface area contributed by atoms with Crippen LogP contribution < -0.4 is 5.32 Å². The SMILES string of the molecule is CC(OC(=O)/C=C/c1ccc(Cl)c([N+](=O)[O-])c1)C(=O)Nc1ccccc1C(F)(F)F. The zero-order chi connectivity index (χ0) is 22.5. The molecule has 1 unspecified atom stereocenters. The van der Waals surface area contributed by atoms with Crippen LogP contribution in [0.1, 0.15) is 18.1 Å². The number of nitro benzene ring substituents is 1.